The SMILES string of the molecule is CC1CCC(C(N)=O)CN1c1cccc(Cl)n1. The number of rotatable bonds is 2. The van der Waals surface area contributed by atoms with Gasteiger partial charge in [-0.1, -0.05) is 17.7 Å². The summed E-state index contributed by atoms with van der Waals surface area (Å²) in [6, 6.07) is 5.87. The van der Waals surface area contributed by atoms with Crippen LogP contribution in [0.15, 0.2) is 18.2 Å². The zero-order chi connectivity index (χ0) is 12.4. The van der Waals surface area contributed by atoms with E-state index in [9.17, 15) is 4.79 Å². The molecule has 0 saturated carbocycles. The molecule has 17 heavy (non-hydrogen) atoms. The maximum absolute atomic E-state index is 11.3. The van der Waals surface area contributed by atoms with Crippen LogP contribution in [0.25, 0.3) is 0 Å². The summed E-state index contributed by atoms with van der Waals surface area (Å²) >= 11 is 5.88. The average Bonchev–Trinajstić information content (AvgIpc) is 2.29. The molecule has 1 aliphatic rings. The van der Waals surface area contributed by atoms with E-state index in [2.05, 4.69) is 16.8 Å². The number of piperidine rings is 1. The first kappa shape index (κ1) is 12.2. The number of carbonyl (C=O) groups excluding carboxylic acids is 1. The van der Waals surface area contributed by atoms with Crippen molar-refractivity contribution in [2.45, 2.75) is 25.8 Å². The van der Waals surface area contributed by atoms with Gasteiger partial charge in [0.25, 0.3) is 0 Å². The van der Waals surface area contributed by atoms with E-state index >= 15 is 0 Å². The number of hydrogen-bond donors (Lipinski definition) is 1. The monoisotopic (exact) mass is 253 g/mol. The van der Waals surface area contributed by atoms with Crippen LogP contribution in [0.1, 0.15) is 19.8 Å². The second kappa shape index (κ2) is 4.92. The smallest absolute Gasteiger partial charge is 0.222 e. The van der Waals surface area contributed by atoms with Crippen molar-refractivity contribution in [3.63, 3.8) is 0 Å². The molecule has 2 rings (SSSR count). The normalized spacial score (nSPS) is 24.7. The fourth-order valence-electron chi connectivity index (χ4n) is 2.22. The Hall–Kier alpha value is -1.29. The van der Waals surface area contributed by atoms with Crippen LogP contribution in [0.4, 0.5) is 5.82 Å². The highest BCUT2D eigenvalue weighted by Crippen LogP contribution is 2.26. The number of hydrogen-bond acceptors (Lipinski definition) is 3. The van der Waals surface area contributed by atoms with E-state index in [1.54, 1.807) is 6.07 Å². The number of aromatic nitrogens is 1. The molecule has 1 aromatic rings. The average molecular weight is 254 g/mol. The van der Waals surface area contributed by atoms with Gasteiger partial charge in [0.1, 0.15) is 11.0 Å². The Bertz CT molecular complexity index is 424. The van der Waals surface area contributed by atoms with E-state index in [1.807, 2.05) is 12.1 Å². The molecule has 0 spiro atoms. The van der Waals surface area contributed by atoms with Gasteiger partial charge in [0.2, 0.25) is 5.91 Å². The van der Waals surface area contributed by atoms with Crippen LogP contribution in [0, 0.1) is 5.92 Å². The number of nitrogens with two attached hydrogens (primary N) is 1. The molecule has 1 amide bonds. The number of halogens is 1. The highest BCUT2D eigenvalue weighted by molar-refractivity contribution is 6.29. The van der Waals surface area contributed by atoms with Gasteiger partial charge in [0, 0.05) is 12.6 Å². The molecule has 0 radical (unpaired) electrons. The third-order valence-electron chi connectivity index (χ3n) is 3.28. The molecule has 5 heteroatoms. The maximum atomic E-state index is 11.3. The summed E-state index contributed by atoms with van der Waals surface area (Å²) in [4.78, 5) is 17.6. The molecular weight excluding hydrogens is 238 g/mol. The maximum Gasteiger partial charge on any atom is 0.222 e. The third-order valence-corrected chi connectivity index (χ3v) is 3.49. The summed E-state index contributed by atoms with van der Waals surface area (Å²) in [7, 11) is 0. The van der Waals surface area contributed by atoms with Gasteiger partial charge in [-0.05, 0) is 31.9 Å². The van der Waals surface area contributed by atoms with E-state index in [1.165, 1.54) is 0 Å². The Kier molecular flexibility index (Phi) is 3.52. The van der Waals surface area contributed by atoms with E-state index in [0.717, 1.165) is 18.7 Å². The van der Waals surface area contributed by atoms with Crippen LogP contribution in [0.5, 0.6) is 0 Å². The molecule has 92 valence electrons. The van der Waals surface area contributed by atoms with Crippen LogP contribution >= 0.6 is 11.6 Å². The molecule has 0 aliphatic carbocycles. The van der Waals surface area contributed by atoms with Crippen molar-refractivity contribution in [1.82, 2.24) is 4.98 Å². The molecule has 0 bridgehead atoms. The molecule has 2 heterocycles. The number of anilines is 1. The number of pyridine rings is 1. The summed E-state index contributed by atoms with van der Waals surface area (Å²) < 4.78 is 0. The van der Waals surface area contributed by atoms with Crippen LogP contribution in [-0.4, -0.2) is 23.5 Å². The molecular formula is C12H16ClN3O. The number of carbonyl (C=O) groups is 1. The summed E-state index contributed by atoms with van der Waals surface area (Å²) in [5.74, 6) is 0.492. The largest absolute Gasteiger partial charge is 0.369 e. The highest BCUT2D eigenvalue weighted by Gasteiger charge is 2.29. The lowest BCUT2D eigenvalue weighted by Gasteiger charge is -2.37. The molecule has 4 nitrogen and oxygen atoms in total. The van der Waals surface area contributed by atoms with Crippen molar-refractivity contribution in [2.75, 3.05) is 11.4 Å². The first-order valence-electron chi connectivity index (χ1n) is 5.76. The first-order chi connectivity index (χ1) is 8.08. The predicted molar refractivity (Wildman–Crippen MR) is 68.0 cm³/mol. The molecule has 2 atom stereocenters. The van der Waals surface area contributed by atoms with Gasteiger partial charge in [-0.2, -0.15) is 0 Å². The fourth-order valence-corrected chi connectivity index (χ4v) is 2.38. The van der Waals surface area contributed by atoms with Crippen molar-refractivity contribution < 1.29 is 4.79 Å². The minimum absolute atomic E-state index is 0.0908. The molecule has 0 aromatic carbocycles. The molecule has 1 aliphatic heterocycles. The van der Waals surface area contributed by atoms with Crippen molar-refractivity contribution >= 4 is 23.3 Å². The quantitative estimate of drug-likeness (QED) is 0.818. The molecule has 1 aromatic heterocycles. The van der Waals surface area contributed by atoms with Gasteiger partial charge >= 0.3 is 0 Å². The van der Waals surface area contributed by atoms with Crippen molar-refractivity contribution in [3.8, 4) is 0 Å². The Morgan fingerprint density at radius 2 is 2.29 bits per heavy atom. The summed E-state index contributed by atoms with van der Waals surface area (Å²) in [6.07, 6.45) is 1.80. The van der Waals surface area contributed by atoms with Crippen LogP contribution in [0.2, 0.25) is 5.15 Å². The minimum Gasteiger partial charge on any atom is -0.369 e. The summed E-state index contributed by atoms with van der Waals surface area (Å²) in [5.41, 5.74) is 5.37. The topological polar surface area (TPSA) is 59.2 Å². The van der Waals surface area contributed by atoms with Gasteiger partial charge < -0.3 is 10.6 Å². The van der Waals surface area contributed by atoms with E-state index in [4.69, 9.17) is 17.3 Å². The van der Waals surface area contributed by atoms with Crippen LogP contribution < -0.4 is 10.6 Å². The Morgan fingerprint density at radius 3 is 2.94 bits per heavy atom. The van der Waals surface area contributed by atoms with Gasteiger partial charge in [0.15, 0.2) is 0 Å². The first-order valence-corrected chi connectivity index (χ1v) is 6.14. The van der Waals surface area contributed by atoms with Crippen molar-refractivity contribution in [3.05, 3.63) is 23.4 Å². The zero-order valence-electron chi connectivity index (χ0n) is 9.77. The van der Waals surface area contributed by atoms with E-state index in [0.29, 0.717) is 17.7 Å². The number of amides is 1. The Balaban J connectivity index is 2.20. The van der Waals surface area contributed by atoms with Gasteiger partial charge in [-0.15, -0.1) is 0 Å². The lowest BCUT2D eigenvalue weighted by Crippen LogP contribution is -2.46. The van der Waals surface area contributed by atoms with Crippen LogP contribution in [-0.2, 0) is 4.79 Å². The van der Waals surface area contributed by atoms with E-state index < -0.39 is 0 Å². The van der Waals surface area contributed by atoms with Crippen molar-refractivity contribution in [2.24, 2.45) is 11.7 Å². The zero-order valence-corrected chi connectivity index (χ0v) is 10.5. The molecule has 2 N–H and O–H groups in total. The van der Waals surface area contributed by atoms with Gasteiger partial charge in [0.05, 0.1) is 5.92 Å². The lowest BCUT2D eigenvalue weighted by atomic mass is 9.93. The third kappa shape index (κ3) is 2.69. The van der Waals surface area contributed by atoms with Crippen molar-refractivity contribution in [1.29, 1.82) is 0 Å². The van der Waals surface area contributed by atoms with Crippen LogP contribution in [0.3, 0.4) is 0 Å². The molecule has 1 saturated heterocycles. The lowest BCUT2D eigenvalue weighted by molar-refractivity contribution is -0.122. The second-order valence-corrected chi connectivity index (χ2v) is 4.88. The number of primary amides is 1. The standard InChI is InChI=1S/C12H16ClN3O/c1-8-5-6-9(12(14)17)7-16(8)11-4-2-3-10(13)15-11/h2-4,8-9H,5-7H2,1H3,(H2,14,17). The van der Waals surface area contributed by atoms with E-state index in [-0.39, 0.29) is 11.8 Å². The highest BCUT2D eigenvalue weighted by atomic mass is 35.5. The Labute approximate surface area is 106 Å². The number of nitrogens with zero attached hydrogens (tertiary/aromatic N) is 2. The predicted octanol–water partition coefficient (Wildman–Crippen LogP) is 1.83. The van der Waals surface area contributed by atoms with Gasteiger partial charge in [-0.25, -0.2) is 4.98 Å². The molecule has 2 unspecified atom stereocenters. The molecule has 1 fully saturated rings. The Morgan fingerprint density at radius 1 is 1.53 bits per heavy atom. The summed E-state index contributed by atoms with van der Waals surface area (Å²) in [5, 5.41) is 0.468. The van der Waals surface area contributed by atoms with Gasteiger partial charge in [-0.3, -0.25) is 4.79 Å². The minimum atomic E-state index is -0.232. The summed E-state index contributed by atoms with van der Waals surface area (Å²) in [6.45, 7) is 2.75. The fraction of sp³-hybridized carbons (Fsp3) is 0.500. The second-order valence-electron chi connectivity index (χ2n) is 4.50.